The van der Waals surface area contributed by atoms with Gasteiger partial charge in [0.2, 0.25) is 5.91 Å². The molecule has 0 heterocycles. The first-order valence-corrected chi connectivity index (χ1v) is 9.90. The highest BCUT2D eigenvalue weighted by Gasteiger charge is 2.22. The maximum Gasteiger partial charge on any atom is 0.221 e. The molecular formula is C25H29NO2. The average molecular weight is 376 g/mol. The standard InChI is InChI=1S/C25H29NO2/c1-18(27)26-24-12-8-7-11-22(24)23(17-25(2,3)28)21-15-13-20(14-16-21)19-9-5-4-6-10-19/h4-12,15,17,20,28H,13-14,16H2,1-3H3,(H,26,27)/b23-17+. The smallest absolute Gasteiger partial charge is 0.221 e. The molecule has 2 aromatic rings. The molecule has 0 radical (unpaired) electrons. The number of rotatable bonds is 5. The molecule has 0 aliphatic heterocycles. The van der Waals surface area contributed by atoms with Gasteiger partial charge in [0.25, 0.3) is 0 Å². The first kappa shape index (κ1) is 20.1. The van der Waals surface area contributed by atoms with Crippen molar-refractivity contribution in [2.24, 2.45) is 0 Å². The van der Waals surface area contributed by atoms with Gasteiger partial charge >= 0.3 is 0 Å². The number of para-hydroxylation sites is 1. The molecule has 3 rings (SSSR count). The van der Waals surface area contributed by atoms with Crippen LogP contribution in [0.25, 0.3) is 5.57 Å². The lowest BCUT2D eigenvalue weighted by Crippen LogP contribution is -2.17. The summed E-state index contributed by atoms with van der Waals surface area (Å²) >= 11 is 0. The van der Waals surface area contributed by atoms with Crippen molar-refractivity contribution in [3.05, 3.63) is 83.4 Å². The second-order valence-electron chi connectivity index (χ2n) is 8.05. The van der Waals surface area contributed by atoms with Crippen LogP contribution in [0.4, 0.5) is 5.69 Å². The van der Waals surface area contributed by atoms with Crippen molar-refractivity contribution in [2.45, 2.75) is 51.6 Å². The Morgan fingerprint density at radius 2 is 1.79 bits per heavy atom. The fraction of sp³-hybridized carbons (Fsp3) is 0.320. The third kappa shape index (κ3) is 5.20. The molecule has 2 aromatic carbocycles. The van der Waals surface area contributed by atoms with Crippen LogP contribution in [0.3, 0.4) is 0 Å². The van der Waals surface area contributed by atoms with Crippen LogP contribution >= 0.6 is 0 Å². The first-order valence-electron chi connectivity index (χ1n) is 9.90. The number of allylic oxidation sites excluding steroid dienone is 3. The predicted octanol–water partition coefficient (Wildman–Crippen LogP) is 5.69. The van der Waals surface area contributed by atoms with Gasteiger partial charge in [-0.3, -0.25) is 4.79 Å². The second kappa shape index (κ2) is 8.57. The monoisotopic (exact) mass is 375 g/mol. The molecule has 1 aliphatic rings. The summed E-state index contributed by atoms with van der Waals surface area (Å²) in [5.41, 5.74) is 4.39. The normalized spacial score (nSPS) is 17.8. The van der Waals surface area contributed by atoms with Gasteiger partial charge in [0, 0.05) is 18.2 Å². The summed E-state index contributed by atoms with van der Waals surface area (Å²) in [6.45, 7) is 5.08. The Balaban J connectivity index is 1.96. The van der Waals surface area contributed by atoms with Gasteiger partial charge in [-0.15, -0.1) is 0 Å². The van der Waals surface area contributed by atoms with Crippen LogP contribution in [-0.2, 0) is 4.79 Å². The van der Waals surface area contributed by atoms with Crippen molar-refractivity contribution in [2.75, 3.05) is 5.32 Å². The van der Waals surface area contributed by atoms with Crippen LogP contribution in [-0.4, -0.2) is 16.6 Å². The maximum absolute atomic E-state index is 11.7. The molecule has 0 fully saturated rings. The summed E-state index contributed by atoms with van der Waals surface area (Å²) in [4.78, 5) is 11.7. The van der Waals surface area contributed by atoms with Crippen LogP contribution in [0, 0.1) is 0 Å². The van der Waals surface area contributed by atoms with E-state index in [0.717, 1.165) is 36.1 Å². The molecule has 1 atom stereocenters. The molecular weight excluding hydrogens is 346 g/mol. The van der Waals surface area contributed by atoms with E-state index in [1.807, 2.05) is 30.3 Å². The van der Waals surface area contributed by atoms with E-state index in [4.69, 9.17) is 0 Å². The first-order chi connectivity index (χ1) is 13.3. The molecule has 0 saturated carbocycles. The van der Waals surface area contributed by atoms with Crippen LogP contribution in [0.2, 0.25) is 0 Å². The highest BCUT2D eigenvalue weighted by molar-refractivity contribution is 5.95. The highest BCUT2D eigenvalue weighted by Crippen LogP contribution is 2.40. The molecule has 1 amide bonds. The van der Waals surface area contributed by atoms with Crippen LogP contribution in [0.15, 0.2) is 72.3 Å². The molecule has 1 unspecified atom stereocenters. The van der Waals surface area contributed by atoms with Crippen LogP contribution < -0.4 is 5.32 Å². The number of hydrogen-bond donors (Lipinski definition) is 2. The van der Waals surface area contributed by atoms with Gasteiger partial charge < -0.3 is 10.4 Å². The SMILES string of the molecule is CC(=O)Nc1ccccc1/C(=C/C(C)(C)O)C1=CCC(c2ccccc2)CC1. The summed E-state index contributed by atoms with van der Waals surface area (Å²) in [5.74, 6) is 0.427. The third-order valence-electron chi connectivity index (χ3n) is 5.05. The zero-order valence-corrected chi connectivity index (χ0v) is 16.9. The summed E-state index contributed by atoms with van der Waals surface area (Å²) in [6.07, 6.45) is 7.19. The molecule has 0 bridgehead atoms. The van der Waals surface area contributed by atoms with Crippen molar-refractivity contribution in [1.82, 2.24) is 0 Å². The summed E-state index contributed by atoms with van der Waals surface area (Å²) in [5, 5.41) is 13.4. The van der Waals surface area contributed by atoms with Crippen molar-refractivity contribution in [3.8, 4) is 0 Å². The lowest BCUT2D eigenvalue weighted by molar-refractivity contribution is -0.114. The molecule has 146 valence electrons. The Kier molecular flexibility index (Phi) is 6.15. The summed E-state index contributed by atoms with van der Waals surface area (Å²) in [6, 6.07) is 18.4. The van der Waals surface area contributed by atoms with E-state index >= 15 is 0 Å². The molecule has 28 heavy (non-hydrogen) atoms. The van der Waals surface area contributed by atoms with E-state index < -0.39 is 5.60 Å². The van der Waals surface area contributed by atoms with Gasteiger partial charge in [-0.1, -0.05) is 54.6 Å². The summed E-state index contributed by atoms with van der Waals surface area (Å²) in [7, 11) is 0. The van der Waals surface area contributed by atoms with Gasteiger partial charge in [-0.2, -0.15) is 0 Å². The Labute approximate surface area is 167 Å². The number of nitrogens with one attached hydrogen (secondary N) is 1. The van der Waals surface area contributed by atoms with Crippen molar-refractivity contribution in [1.29, 1.82) is 0 Å². The number of anilines is 1. The van der Waals surface area contributed by atoms with Gasteiger partial charge in [0.15, 0.2) is 0 Å². The number of aliphatic hydroxyl groups is 1. The zero-order chi connectivity index (χ0) is 20.1. The highest BCUT2D eigenvalue weighted by atomic mass is 16.3. The average Bonchev–Trinajstić information content (AvgIpc) is 2.66. The maximum atomic E-state index is 11.7. The van der Waals surface area contributed by atoms with Crippen molar-refractivity contribution >= 4 is 17.2 Å². The van der Waals surface area contributed by atoms with Gasteiger partial charge in [0.1, 0.15) is 0 Å². The fourth-order valence-electron chi connectivity index (χ4n) is 3.82. The van der Waals surface area contributed by atoms with E-state index in [1.54, 1.807) is 13.8 Å². The van der Waals surface area contributed by atoms with Crippen molar-refractivity contribution < 1.29 is 9.90 Å². The quantitative estimate of drug-likeness (QED) is 0.705. The molecule has 0 spiro atoms. The largest absolute Gasteiger partial charge is 0.386 e. The van der Waals surface area contributed by atoms with E-state index in [9.17, 15) is 9.90 Å². The lowest BCUT2D eigenvalue weighted by atomic mass is 9.80. The Morgan fingerprint density at radius 3 is 2.39 bits per heavy atom. The number of carbonyl (C=O) groups excluding carboxylic acids is 1. The molecule has 0 aromatic heterocycles. The fourth-order valence-corrected chi connectivity index (χ4v) is 3.82. The number of carbonyl (C=O) groups is 1. The predicted molar refractivity (Wildman–Crippen MR) is 116 cm³/mol. The molecule has 0 saturated heterocycles. The Hall–Kier alpha value is -2.65. The molecule has 3 nitrogen and oxygen atoms in total. The van der Waals surface area contributed by atoms with E-state index in [-0.39, 0.29) is 5.91 Å². The minimum Gasteiger partial charge on any atom is -0.386 e. The van der Waals surface area contributed by atoms with Crippen molar-refractivity contribution in [3.63, 3.8) is 0 Å². The topological polar surface area (TPSA) is 49.3 Å². The van der Waals surface area contributed by atoms with E-state index in [1.165, 1.54) is 18.1 Å². The number of amides is 1. The zero-order valence-electron chi connectivity index (χ0n) is 16.9. The van der Waals surface area contributed by atoms with Crippen LogP contribution in [0.5, 0.6) is 0 Å². The lowest BCUT2D eigenvalue weighted by Gasteiger charge is -2.26. The van der Waals surface area contributed by atoms with E-state index in [2.05, 4.69) is 41.7 Å². The Bertz CT molecular complexity index is 888. The molecule has 3 heteroatoms. The second-order valence-corrected chi connectivity index (χ2v) is 8.05. The minimum absolute atomic E-state index is 0.100. The summed E-state index contributed by atoms with van der Waals surface area (Å²) < 4.78 is 0. The molecule has 1 aliphatic carbocycles. The Morgan fingerprint density at radius 1 is 1.11 bits per heavy atom. The number of hydrogen-bond acceptors (Lipinski definition) is 2. The molecule has 2 N–H and O–H groups in total. The number of benzene rings is 2. The van der Waals surface area contributed by atoms with Gasteiger partial charge in [-0.05, 0) is 67.9 Å². The van der Waals surface area contributed by atoms with E-state index in [0.29, 0.717) is 5.92 Å². The van der Waals surface area contributed by atoms with Gasteiger partial charge in [0.05, 0.1) is 5.60 Å². The third-order valence-corrected chi connectivity index (χ3v) is 5.05. The minimum atomic E-state index is -0.949. The van der Waals surface area contributed by atoms with Crippen LogP contribution in [0.1, 0.15) is 57.1 Å². The van der Waals surface area contributed by atoms with Gasteiger partial charge in [-0.25, -0.2) is 0 Å².